The van der Waals surface area contributed by atoms with Crippen LogP contribution in [0.15, 0.2) is 78.9 Å². The van der Waals surface area contributed by atoms with E-state index in [4.69, 9.17) is 4.74 Å². The molecule has 1 N–H and O–H groups in total. The Morgan fingerprint density at radius 3 is 2.25 bits per heavy atom. The molecule has 0 aliphatic carbocycles. The van der Waals surface area contributed by atoms with Crippen LogP contribution in [0.2, 0.25) is 0 Å². The SMILES string of the molecule is CCCCOc1ccc(-c2nnc(Nc3ccccc3)c3ccccc23)cc1. The number of benzene rings is 3. The lowest BCUT2D eigenvalue weighted by molar-refractivity contribution is 0.309. The number of ether oxygens (including phenoxy) is 1. The molecule has 28 heavy (non-hydrogen) atoms. The minimum absolute atomic E-state index is 0.748. The average Bonchev–Trinajstić information content (AvgIpc) is 2.76. The molecule has 1 aromatic heterocycles. The summed E-state index contributed by atoms with van der Waals surface area (Å²) in [7, 11) is 0. The van der Waals surface area contributed by atoms with Gasteiger partial charge in [-0.25, -0.2) is 0 Å². The molecular formula is C24H23N3O. The van der Waals surface area contributed by atoms with Gasteiger partial charge in [-0.3, -0.25) is 0 Å². The third kappa shape index (κ3) is 3.96. The summed E-state index contributed by atoms with van der Waals surface area (Å²) >= 11 is 0. The summed E-state index contributed by atoms with van der Waals surface area (Å²) in [6.07, 6.45) is 2.19. The van der Waals surface area contributed by atoms with E-state index in [2.05, 4.69) is 34.6 Å². The number of nitrogens with one attached hydrogen (secondary N) is 1. The van der Waals surface area contributed by atoms with Gasteiger partial charge in [0, 0.05) is 22.0 Å². The van der Waals surface area contributed by atoms with Crippen molar-refractivity contribution < 1.29 is 4.74 Å². The van der Waals surface area contributed by atoms with Gasteiger partial charge in [-0.15, -0.1) is 10.2 Å². The van der Waals surface area contributed by atoms with E-state index < -0.39 is 0 Å². The zero-order chi connectivity index (χ0) is 19.2. The second-order valence-electron chi connectivity index (χ2n) is 6.66. The van der Waals surface area contributed by atoms with Gasteiger partial charge in [0.25, 0.3) is 0 Å². The maximum Gasteiger partial charge on any atom is 0.161 e. The lowest BCUT2D eigenvalue weighted by Gasteiger charge is -2.12. The topological polar surface area (TPSA) is 47.0 Å². The molecule has 0 unspecified atom stereocenters. The molecular weight excluding hydrogens is 346 g/mol. The maximum atomic E-state index is 5.76. The number of aromatic nitrogens is 2. The molecule has 0 saturated heterocycles. The van der Waals surface area contributed by atoms with Gasteiger partial charge in [-0.2, -0.15) is 0 Å². The van der Waals surface area contributed by atoms with Crippen LogP contribution in [0.4, 0.5) is 11.5 Å². The molecule has 0 aliphatic heterocycles. The van der Waals surface area contributed by atoms with E-state index in [1.165, 1.54) is 0 Å². The normalized spacial score (nSPS) is 10.8. The number of unbranched alkanes of at least 4 members (excludes halogenated alkanes) is 1. The van der Waals surface area contributed by atoms with E-state index in [-0.39, 0.29) is 0 Å². The Hall–Kier alpha value is -3.40. The minimum atomic E-state index is 0.748. The fraction of sp³-hybridized carbons (Fsp3) is 0.167. The Labute approximate surface area is 165 Å². The number of para-hydroxylation sites is 1. The molecule has 0 saturated carbocycles. The third-order valence-corrected chi connectivity index (χ3v) is 4.62. The Morgan fingerprint density at radius 1 is 0.786 bits per heavy atom. The first-order chi connectivity index (χ1) is 13.8. The van der Waals surface area contributed by atoms with E-state index in [0.717, 1.165) is 58.7 Å². The maximum absolute atomic E-state index is 5.76. The van der Waals surface area contributed by atoms with Crippen LogP contribution in [0.5, 0.6) is 5.75 Å². The summed E-state index contributed by atoms with van der Waals surface area (Å²) < 4.78 is 5.76. The predicted molar refractivity (Wildman–Crippen MR) is 115 cm³/mol. The van der Waals surface area contributed by atoms with Crippen LogP contribution in [0.3, 0.4) is 0 Å². The van der Waals surface area contributed by atoms with Crippen molar-refractivity contribution in [2.75, 3.05) is 11.9 Å². The van der Waals surface area contributed by atoms with Crippen LogP contribution in [0.1, 0.15) is 19.8 Å². The molecule has 0 aliphatic rings. The third-order valence-electron chi connectivity index (χ3n) is 4.62. The van der Waals surface area contributed by atoms with Crippen LogP contribution in [0, 0.1) is 0 Å². The number of hydrogen-bond acceptors (Lipinski definition) is 4. The molecule has 3 aromatic carbocycles. The van der Waals surface area contributed by atoms with E-state index >= 15 is 0 Å². The summed E-state index contributed by atoms with van der Waals surface area (Å²) in [5.41, 5.74) is 2.88. The number of anilines is 2. The van der Waals surface area contributed by atoms with Crippen molar-refractivity contribution in [1.29, 1.82) is 0 Å². The Morgan fingerprint density at radius 2 is 1.50 bits per heavy atom. The van der Waals surface area contributed by atoms with Gasteiger partial charge in [-0.1, -0.05) is 55.8 Å². The molecule has 0 bridgehead atoms. The van der Waals surface area contributed by atoms with Crippen LogP contribution >= 0.6 is 0 Å². The highest BCUT2D eigenvalue weighted by molar-refractivity contribution is 6.00. The van der Waals surface area contributed by atoms with Crippen LogP contribution in [-0.4, -0.2) is 16.8 Å². The summed E-state index contributed by atoms with van der Waals surface area (Å²) in [6.45, 7) is 2.91. The molecule has 0 spiro atoms. The molecule has 4 aromatic rings. The summed E-state index contributed by atoms with van der Waals surface area (Å²) in [6, 6.07) is 26.3. The summed E-state index contributed by atoms with van der Waals surface area (Å²) in [5, 5.41) is 14.5. The van der Waals surface area contributed by atoms with Crippen molar-refractivity contribution in [3.05, 3.63) is 78.9 Å². The van der Waals surface area contributed by atoms with Crippen LogP contribution < -0.4 is 10.1 Å². The minimum Gasteiger partial charge on any atom is -0.494 e. The Bertz CT molecular complexity index is 1050. The smallest absolute Gasteiger partial charge is 0.161 e. The highest BCUT2D eigenvalue weighted by atomic mass is 16.5. The van der Waals surface area contributed by atoms with Gasteiger partial charge < -0.3 is 10.1 Å². The van der Waals surface area contributed by atoms with Crippen molar-refractivity contribution in [3.8, 4) is 17.0 Å². The Kier molecular flexibility index (Phi) is 5.48. The van der Waals surface area contributed by atoms with Crippen molar-refractivity contribution in [2.45, 2.75) is 19.8 Å². The lowest BCUT2D eigenvalue weighted by Crippen LogP contribution is -1.99. The van der Waals surface area contributed by atoms with Gasteiger partial charge in [0.05, 0.1) is 6.61 Å². The number of fused-ring (bicyclic) bond motifs is 1. The fourth-order valence-corrected chi connectivity index (χ4v) is 3.11. The van der Waals surface area contributed by atoms with E-state index in [1.807, 2.05) is 66.7 Å². The standard InChI is InChI=1S/C24H23N3O/c1-2-3-17-28-20-15-13-18(14-16-20)23-21-11-7-8-12-22(21)24(27-26-23)25-19-9-5-4-6-10-19/h4-16H,2-3,17H2,1H3,(H,25,27). The first-order valence-corrected chi connectivity index (χ1v) is 9.66. The fourth-order valence-electron chi connectivity index (χ4n) is 3.11. The number of rotatable bonds is 7. The molecule has 0 radical (unpaired) electrons. The lowest BCUT2D eigenvalue weighted by atomic mass is 10.0. The van der Waals surface area contributed by atoms with Gasteiger partial charge in [0.15, 0.2) is 5.82 Å². The van der Waals surface area contributed by atoms with Crippen molar-refractivity contribution in [1.82, 2.24) is 10.2 Å². The summed E-state index contributed by atoms with van der Waals surface area (Å²) in [5.74, 6) is 1.64. The van der Waals surface area contributed by atoms with Crippen LogP contribution in [-0.2, 0) is 0 Å². The van der Waals surface area contributed by atoms with Gasteiger partial charge in [0.2, 0.25) is 0 Å². The summed E-state index contributed by atoms with van der Waals surface area (Å²) in [4.78, 5) is 0. The van der Waals surface area contributed by atoms with Crippen molar-refractivity contribution in [2.24, 2.45) is 0 Å². The molecule has 140 valence electrons. The van der Waals surface area contributed by atoms with Gasteiger partial charge in [-0.05, 0) is 42.8 Å². The van der Waals surface area contributed by atoms with E-state index in [0.29, 0.717) is 0 Å². The monoisotopic (exact) mass is 369 g/mol. The molecule has 1 heterocycles. The Balaban J connectivity index is 1.66. The van der Waals surface area contributed by atoms with Gasteiger partial charge >= 0.3 is 0 Å². The zero-order valence-corrected chi connectivity index (χ0v) is 15.9. The molecule has 4 heteroatoms. The first-order valence-electron chi connectivity index (χ1n) is 9.66. The molecule has 4 nitrogen and oxygen atoms in total. The largest absolute Gasteiger partial charge is 0.494 e. The second-order valence-corrected chi connectivity index (χ2v) is 6.66. The molecule has 0 amide bonds. The van der Waals surface area contributed by atoms with Crippen molar-refractivity contribution >= 4 is 22.3 Å². The molecule has 0 atom stereocenters. The van der Waals surface area contributed by atoms with Crippen molar-refractivity contribution in [3.63, 3.8) is 0 Å². The molecule has 0 fully saturated rings. The predicted octanol–water partition coefficient (Wildman–Crippen LogP) is 6.22. The van der Waals surface area contributed by atoms with Crippen LogP contribution in [0.25, 0.3) is 22.0 Å². The van der Waals surface area contributed by atoms with Gasteiger partial charge in [0.1, 0.15) is 11.4 Å². The molecule has 4 rings (SSSR count). The highest BCUT2D eigenvalue weighted by Crippen LogP contribution is 2.31. The highest BCUT2D eigenvalue weighted by Gasteiger charge is 2.11. The zero-order valence-electron chi connectivity index (χ0n) is 15.9. The first kappa shape index (κ1) is 18.0. The number of nitrogens with zero attached hydrogens (tertiary/aromatic N) is 2. The second kappa shape index (κ2) is 8.53. The quantitative estimate of drug-likeness (QED) is 0.393. The number of hydrogen-bond donors (Lipinski definition) is 1. The van der Waals surface area contributed by atoms with E-state index in [9.17, 15) is 0 Å². The average molecular weight is 369 g/mol. The van der Waals surface area contributed by atoms with E-state index in [1.54, 1.807) is 0 Å².